The molecule has 0 fully saturated rings. The third kappa shape index (κ3) is 5.82. The number of nitrogens with zero attached hydrogens (tertiary/aromatic N) is 5. The molecule has 5 rings (SSSR count). The lowest BCUT2D eigenvalue weighted by Crippen LogP contribution is -2.39. The summed E-state index contributed by atoms with van der Waals surface area (Å²) in [5.74, 6) is 1.37. The number of tetrazole rings is 1. The Bertz CT molecular complexity index is 1610. The molecule has 8 nitrogen and oxygen atoms in total. The predicted molar refractivity (Wildman–Crippen MR) is 157 cm³/mol. The highest BCUT2D eigenvalue weighted by molar-refractivity contribution is 5.80. The SMILES string of the molecule is CCC(C)(C)n1nnnc1C(c1cc2cc(OC)ccc2[nH]c1=O)N(CCc1ccccc1)Cc1ccccc1. The fourth-order valence-corrected chi connectivity index (χ4v) is 5.01. The van der Waals surface area contributed by atoms with Crippen LogP contribution in [0.5, 0.6) is 5.75 Å². The van der Waals surface area contributed by atoms with Gasteiger partial charge in [0.1, 0.15) is 11.8 Å². The molecule has 3 aromatic carbocycles. The molecule has 5 aromatic rings. The second kappa shape index (κ2) is 11.8. The van der Waals surface area contributed by atoms with Crippen LogP contribution in [0.25, 0.3) is 10.9 Å². The number of aromatic nitrogens is 5. The van der Waals surface area contributed by atoms with E-state index in [4.69, 9.17) is 4.74 Å². The molecule has 2 heterocycles. The topological polar surface area (TPSA) is 88.9 Å². The number of fused-ring (bicyclic) bond motifs is 1. The summed E-state index contributed by atoms with van der Waals surface area (Å²) in [5.41, 5.74) is 3.21. The van der Waals surface area contributed by atoms with Crippen molar-refractivity contribution in [2.45, 2.75) is 51.7 Å². The normalized spacial score (nSPS) is 12.6. The molecule has 1 atom stereocenters. The van der Waals surface area contributed by atoms with Crippen LogP contribution in [0, 0.1) is 0 Å². The van der Waals surface area contributed by atoms with Gasteiger partial charge in [-0.05, 0) is 72.5 Å². The highest BCUT2D eigenvalue weighted by atomic mass is 16.5. The average molecular weight is 537 g/mol. The molecule has 0 aliphatic rings. The Morgan fingerprint density at radius 1 is 0.975 bits per heavy atom. The minimum absolute atomic E-state index is 0.163. The number of nitrogens with one attached hydrogen (secondary N) is 1. The maximum absolute atomic E-state index is 13.8. The van der Waals surface area contributed by atoms with Gasteiger partial charge in [-0.1, -0.05) is 67.6 Å². The van der Waals surface area contributed by atoms with Crippen molar-refractivity contribution >= 4 is 10.9 Å². The first-order valence-corrected chi connectivity index (χ1v) is 13.7. The quantitative estimate of drug-likeness (QED) is 0.240. The lowest BCUT2D eigenvalue weighted by Gasteiger charge is -2.33. The van der Waals surface area contributed by atoms with Gasteiger partial charge in [0.05, 0.1) is 12.6 Å². The molecule has 206 valence electrons. The van der Waals surface area contributed by atoms with E-state index < -0.39 is 6.04 Å². The van der Waals surface area contributed by atoms with Gasteiger partial charge in [0.25, 0.3) is 5.56 Å². The molecule has 0 spiro atoms. The van der Waals surface area contributed by atoms with Gasteiger partial charge in [-0.25, -0.2) is 4.68 Å². The number of rotatable bonds is 11. The van der Waals surface area contributed by atoms with Crippen LogP contribution in [0.4, 0.5) is 0 Å². The van der Waals surface area contributed by atoms with Crippen molar-refractivity contribution in [3.63, 3.8) is 0 Å². The zero-order chi connectivity index (χ0) is 28.1. The van der Waals surface area contributed by atoms with E-state index in [-0.39, 0.29) is 11.1 Å². The van der Waals surface area contributed by atoms with Crippen LogP contribution >= 0.6 is 0 Å². The van der Waals surface area contributed by atoms with Crippen molar-refractivity contribution in [1.29, 1.82) is 0 Å². The summed E-state index contributed by atoms with van der Waals surface area (Å²) in [6, 6.07) is 27.8. The number of benzene rings is 3. The van der Waals surface area contributed by atoms with E-state index in [0.717, 1.165) is 35.1 Å². The molecular weight excluding hydrogens is 500 g/mol. The van der Waals surface area contributed by atoms with Crippen molar-refractivity contribution in [2.24, 2.45) is 0 Å². The Kier molecular flexibility index (Phi) is 8.07. The summed E-state index contributed by atoms with van der Waals surface area (Å²) in [4.78, 5) is 19.2. The van der Waals surface area contributed by atoms with E-state index in [0.29, 0.717) is 24.5 Å². The molecule has 0 aliphatic carbocycles. The van der Waals surface area contributed by atoms with Crippen molar-refractivity contribution < 1.29 is 4.74 Å². The van der Waals surface area contributed by atoms with Crippen molar-refractivity contribution in [3.05, 3.63) is 118 Å². The third-order valence-corrected chi connectivity index (χ3v) is 7.68. The molecule has 40 heavy (non-hydrogen) atoms. The number of pyridine rings is 1. The average Bonchev–Trinajstić information content (AvgIpc) is 3.47. The van der Waals surface area contributed by atoms with E-state index >= 15 is 0 Å². The second-order valence-corrected chi connectivity index (χ2v) is 10.7. The van der Waals surface area contributed by atoms with Crippen molar-refractivity contribution in [3.8, 4) is 5.75 Å². The first kappa shape index (κ1) is 27.3. The van der Waals surface area contributed by atoms with Crippen LogP contribution in [-0.2, 0) is 18.5 Å². The lowest BCUT2D eigenvalue weighted by atomic mass is 9.98. The molecule has 0 saturated heterocycles. The van der Waals surface area contributed by atoms with Gasteiger partial charge in [-0.3, -0.25) is 9.69 Å². The summed E-state index contributed by atoms with van der Waals surface area (Å²) < 4.78 is 7.36. The molecule has 2 aromatic heterocycles. The van der Waals surface area contributed by atoms with Gasteiger partial charge in [0, 0.05) is 29.6 Å². The molecule has 1 unspecified atom stereocenters. The summed E-state index contributed by atoms with van der Waals surface area (Å²) in [7, 11) is 1.64. The highest BCUT2D eigenvalue weighted by Crippen LogP contribution is 2.32. The van der Waals surface area contributed by atoms with E-state index in [1.54, 1.807) is 7.11 Å². The zero-order valence-corrected chi connectivity index (χ0v) is 23.5. The van der Waals surface area contributed by atoms with E-state index in [1.165, 1.54) is 5.56 Å². The number of hydrogen-bond donors (Lipinski definition) is 1. The van der Waals surface area contributed by atoms with Crippen molar-refractivity contribution in [1.82, 2.24) is 30.1 Å². The molecule has 0 bridgehead atoms. The number of methoxy groups -OCH3 is 1. The fraction of sp³-hybridized carbons (Fsp3) is 0.312. The van der Waals surface area contributed by atoms with E-state index in [9.17, 15) is 4.79 Å². The molecule has 1 N–H and O–H groups in total. The maximum atomic E-state index is 13.8. The van der Waals surface area contributed by atoms with E-state index in [2.05, 4.69) is 82.6 Å². The maximum Gasteiger partial charge on any atom is 0.253 e. The Hall–Kier alpha value is -4.30. The van der Waals surface area contributed by atoms with Gasteiger partial charge >= 0.3 is 0 Å². The minimum atomic E-state index is -0.496. The standard InChI is InChI=1S/C32H36N6O2/c1-5-32(2,3)38-30(34-35-36-38)29(27-21-25-20-26(40-4)16-17-28(25)33-31(27)39)37(22-24-14-10-7-11-15-24)19-18-23-12-8-6-9-13-23/h6-17,20-21,29H,5,18-19,22H2,1-4H3,(H,33,39). The number of aromatic amines is 1. The van der Waals surface area contributed by atoms with Crippen LogP contribution in [0.1, 0.15) is 55.7 Å². The first-order chi connectivity index (χ1) is 19.4. The van der Waals surface area contributed by atoms with E-state index in [1.807, 2.05) is 53.2 Å². The third-order valence-electron chi connectivity index (χ3n) is 7.68. The van der Waals surface area contributed by atoms with Gasteiger partial charge in [0.15, 0.2) is 5.82 Å². The van der Waals surface area contributed by atoms with Crippen LogP contribution in [0.15, 0.2) is 89.7 Å². The van der Waals surface area contributed by atoms with Gasteiger partial charge in [-0.2, -0.15) is 0 Å². The number of H-pyrrole nitrogens is 1. The second-order valence-electron chi connectivity index (χ2n) is 10.7. The predicted octanol–water partition coefficient (Wildman–Crippen LogP) is 5.50. The number of ether oxygens (including phenoxy) is 1. The molecule has 0 radical (unpaired) electrons. The summed E-state index contributed by atoms with van der Waals surface area (Å²) in [5, 5.41) is 14.0. The van der Waals surface area contributed by atoms with Crippen LogP contribution in [0.3, 0.4) is 0 Å². The van der Waals surface area contributed by atoms with Crippen molar-refractivity contribution in [2.75, 3.05) is 13.7 Å². The summed E-state index contributed by atoms with van der Waals surface area (Å²) in [6.07, 6.45) is 1.63. The first-order valence-electron chi connectivity index (χ1n) is 13.7. The lowest BCUT2D eigenvalue weighted by molar-refractivity contribution is 0.190. The summed E-state index contributed by atoms with van der Waals surface area (Å²) >= 11 is 0. The van der Waals surface area contributed by atoms with Crippen LogP contribution in [0.2, 0.25) is 0 Å². The molecule has 0 saturated carbocycles. The van der Waals surface area contributed by atoms with Gasteiger partial charge in [0.2, 0.25) is 0 Å². The zero-order valence-electron chi connectivity index (χ0n) is 23.5. The Morgan fingerprint density at radius 3 is 2.35 bits per heavy atom. The fourth-order valence-electron chi connectivity index (χ4n) is 5.01. The molecule has 0 amide bonds. The van der Waals surface area contributed by atoms with Gasteiger partial charge in [-0.15, -0.1) is 5.10 Å². The molecule has 8 heteroatoms. The molecule has 0 aliphatic heterocycles. The smallest absolute Gasteiger partial charge is 0.253 e. The van der Waals surface area contributed by atoms with Crippen LogP contribution < -0.4 is 10.3 Å². The Balaban J connectivity index is 1.69. The number of hydrogen-bond acceptors (Lipinski definition) is 6. The minimum Gasteiger partial charge on any atom is -0.497 e. The van der Waals surface area contributed by atoms with Crippen LogP contribution in [-0.4, -0.2) is 43.7 Å². The summed E-state index contributed by atoms with van der Waals surface area (Å²) in [6.45, 7) is 7.66. The largest absolute Gasteiger partial charge is 0.497 e. The Morgan fingerprint density at radius 2 is 1.68 bits per heavy atom. The monoisotopic (exact) mass is 536 g/mol. The highest BCUT2D eigenvalue weighted by Gasteiger charge is 2.34. The van der Waals surface area contributed by atoms with Gasteiger partial charge < -0.3 is 9.72 Å². The Labute approximate surface area is 234 Å². The molecular formula is C32H36N6O2.